The molecule has 1 atom stereocenters. The highest BCUT2D eigenvalue weighted by Crippen LogP contribution is 2.35. The van der Waals surface area contributed by atoms with Crippen molar-refractivity contribution in [1.29, 1.82) is 0 Å². The van der Waals surface area contributed by atoms with E-state index in [1.165, 1.54) is 18.9 Å². The number of anilines is 2. The van der Waals surface area contributed by atoms with E-state index in [-0.39, 0.29) is 18.3 Å². The number of ketones is 1. The van der Waals surface area contributed by atoms with E-state index in [9.17, 15) is 14.4 Å². The van der Waals surface area contributed by atoms with Gasteiger partial charge < -0.3 is 14.8 Å². The fourth-order valence-corrected chi connectivity index (χ4v) is 3.18. The van der Waals surface area contributed by atoms with Crippen LogP contribution in [0, 0.1) is 0 Å². The minimum Gasteiger partial charge on any atom is -0.495 e. The van der Waals surface area contributed by atoms with Gasteiger partial charge in [0.1, 0.15) is 17.5 Å². The average Bonchev–Trinajstić information content (AvgIpc) is 2.67. The summed E-state index contributed by atoms with van der Waals surface area (Å²) >= 11 is 6.09. The summed E-state index contributed by atoms with van der Waals surface area (Å²) in [7, 11) is 1.50. The van der Waals surface area contributed by atoms with Crippen molar-refractivity contribution in [1.82, 2.24) is 0 Å². The van der Waals surface area contributed by atoms with Gasteiger partial charge >= 0.3 is 0 Å². The van der Waals surface area contributed by atoms with E-state index in [0.29, 0.717) is 33.5 Å². The van der Waals surface area contributed by atoms with Crippen molar-refractivity contribution in [2.24, 2.45) is 0 Å². The van der Waals surface area contributed by atoms with Gasteiger partial charge in [0.2, 0.25) is 5.91 Å². The number of carbonyl (C=O) groups excluding carboxylic acids is 3. The molecule has 0 aliphatic carbocycles. The highest BCUT2D eigenvalue weighted by atomic mass is 35.5. The number of halogens is 1. The predicted octanol–water partition coefficient (Wildman–Crippen LogP) is 3.30. The fourth-order valence-electron chi connectivity index (χ4n) is 2.92. The number of nitrogens with zero attached hydrogens (tertiary/aromatic N) is 1. The number of benzene rings is 2. The maximum atomic E-state index is 12.8. The van der Waals surface area contributed by atoms with Crippen LogP contribution >= 0.6 is 11.6 Å². The maximum absolute atomic E-state index is 12.8. The first-order chi connectivity index (χ1) is 13.3. The molecule has 146 valence electrons. The highest BCUT2D eigenvalue weighted by molar-refractivity contribution is 6.32. The Morgan fingerprint density at radius 1 is 1.25 bits per heavy atom. The van der Waals surface area contributed by atoms with Crippen molar-refractivity contribution in [3.05, 3.63) is 47.0 Å². The largest absolute Gasteiger partial charge is 0.495 e. The van der Waals surface area contributed by atoms with Crippen LogP contribution in [0.1, 0.15) is 24.2 Å². The molecule has 8 heteroatoms. The van der Waals surface area contributed by atoms with Gasteiger partial charge in [-0.2, -0.15) is 0 Å². The zero-order chi connectivity index (χ0) is 20.4. The van der Waals surface area contributed by atoms with E-state index in [0.717, 1.165) is 0 Å². The summed E-state index contributed by atoms with van der Waals surface area (Å²) in [6.07, 6.45) is 0. The topological polar surface area (TPSA) is 84.9 Å². The number of methoxy groups -OCH3 is 1. The Morgan fingerprint density at radius 2 is 2.00 bits per heavy atom. The van der Waals surface area contributed by atoms with E-state index in [2.05, 4.69) is 5.32 Å². The predicted molar refractivity (Wildman–Crippen MR) is 106 cm³/mol. The van der Waals surface area contributed by atoms with Crippen LogP contribution in [0.2, 0.25) is 5.02 Å². The Bertz CT molecular complexity index is 960. The van der Waals surface area contributed by atoms with Crippen LogP contribution in [0.3, 0.4) is 0 Å². The van der Waals surface area contributed by atoms with Crippen LogP contribution in [-0.4, -0.2) is 37.4 Å². The SMILES string of the molecule is COc1ccc(NC(=O)C(C)N2C(=O)COc3ccc(C(C)=O)cc32)cc1Cl. The highest BCUT2D eigenvalue weighted by Gasteiger charge is 2.33. The number of nitrogens with one attached hydrogen (secondary N) is 1. The smallest absolute Gasteiger partial charge is 0.265 e. The third-order valence-corrected chi connectivity index (χ3v) is 4.73. The van der Waals surface area contributed by atoms with Crippen LogP contribution in [-0.2, 0) is 9.59 Å². The van der Waals surface area contributed by atoms with Crippen molar-refractivity contribution in [2.45, 2.75) is 19.9 Å². The molecule has 0 aromatic heterocycles. The molecule has 1 heterocycles. The molecule has 1 N–H and O–H groups in total. The molecule has 0 saturated carbocycles. The fraction of sp³-hybridized carbons (Fsp3) is 0.250. The summed E-state index contributed by atoms with van der Waals surface area (Å²) in [5.74, 6) is 0.00327. The third-order valence-electron chi connectivity index (χ3n) is 4.43. The van der Waals surface area contributed by atoms with Crippen molar-refractivity contribution < 1.29 is 23.9 Å². The number of ether oxygens (including phenoxy) is 2. The molecular weight excluding hydrogens is 384 g/mol. The van der Waals surface area contributed by atoms with Crippen LogP contribution in [0.5, 0.6) is 11.5 Å². The maximum Gasteiger partial charge on any atom is 0.265 e. The standard InChI is InChI=1S/C20H19ClN2O5/c1-11(20(26)22-14-5-7-17(27-3)15(21)9-14)23-16-8-13(12(2)24)4-6-18(16)28-10-19(23)25/h4-9,11H,10H2,1-3H3,(H,22,26). The summed E-state index contributed by atoms with van der Waals surface area (Å²) < 4.78 is 10.5. The normalized spacial score (nSPS) is 14.0. The molecule has 7 nitrogen and oxygen atoms in total. The summed E-state index contributed by atoms with van der Waals surface area (Å²) in [6, 6.07) is 8.82. The number of rotatable bonds is 5. The Balaban J connectivity index is 1.87. The van der Waals surface area contributed by atoms with Crippen LogP contribution < -0.4 is 19.7 Å². The van der Waals surface area contributed by atoms with E-state index >= 15 is 0 Å². The third kappa shape index (κ3) is 3.80. The summed E-state index contributed by atoms with van der Waals surface area (Å²) in [5, 5.41) is 3.09. The van der Waals surface area contributed by atoms with Gasteiger partial charge in [0.15, 0.2) is 12.4 Å². The molecule has 0 fully saturated rings. The number of Topliss-reactive ketones (excluding diaryl/α,β-unsaturated/α-hetero) is 1. The molecule has 2 aromatic rings. The van der Waals surface area contributed by atoms with E-state index < -0.39 is 11.9 Å². The lowest BCUT2D eigenvalue weighted by molar-refractivity contribution is -0.125. The van der Waals surface area contributed by atoms with Crippen molar-refractivity contribution in [3.63, 3.8) is 0 Å². The molecule has 2 aromatic carbocycles. The minimum atomic E-state index is -0.835. The summed E-state index contributed by atoms with van der Waals surface area (Å²) in [6.45, 7) is 2.85. The summed E-state index contributed by atoms with van der Waals surface area (Å²) in [5.41, 5.74) is 1.29. The molecule has 0 saturated heterocycles. The van der Waals surface area contributed by atoms with Gasteiger partial charge in [0, 0.05) is 11.3 Å². The molecule has 0 radical (unpaired) electrons. The molecule has 1 aliphatic heterocycles. The Labute approximate surface area is 167 Å². The minimum absolute atomic E-state index is 0.147. The number of hydrogen-bond acceptors (Lipinski definition) is 5. The van der Waals surface area contributed by atoms with Crippen molar-refractivity contribution in [2.75, 3.05) is 23.9 Å². The molecule has 2 amide bonds. The van der Waals surface area contributed by atoms with Gasteiger partial charge in [-0.25, -0.2) is 0 Å². The Kier molecular flexibility index (Phi) is 5.56. The first-order valence-electron chi connectivity index (χ1n) is 8.56. The lowest BCUT2D eigenvalue weighted by atomic mass is 10.1. The molecule has 3 rings (SSSR count). The number of hydrogen-bond donors (Lipinski definition) is 1. The number of fused-ring (bicyclic) bond motifs is 1. The lowest BCUT2D eigenvalue weighted by Crippen LogP contribution is -2.49. The van der Waals surface area contributed by atoms with Crippen LogP contribution in [0.4, 0.5) is 11.4 Å². The average molecular weight is 403 g/mol. The second-order valence-corrected chi connectivity index (χ2v) is 6.71. The van der Waals surface area contributed by atoms with Crippen molar-refractivity contribution >= 4 is 40.6 Å². The molecule has 1 aliphatic rings. The van der Waals surface area contributed by atoms with Gasteiger partial charge in [-0.1, -0.05) is 11.6 Å². The van der Waals surface area contributed by atoms with Gasteiger partial charge in [-0.05, 0) is 50.2 Å². The van der Waals surface area contributed by atoms with Gasteiger partial charge in [-0.15, -0.1) is 0 Å². The second kappa shape index (κ2) is 7.90. The number of amides is 2. The van der Waals surface area contributed by atoms with Gasteiger partial charge in [0.25, 0.3) is 5.91 Å². The van der Waals surface area contributed by atoms with E-state index in [4.69, 9.17) is 21.1 Å². The lowest BCUT2D eigenvalue weighted by Gasteiger charge is -2.33. The Morgan fingerprint density at radius 3 is 2.64 bits per heavy atom. The number of carbonyl (C=O) groups is 3. The quantitative estimate of drug-likeness (QED) is 0.775. The molecular formula is C20H19ClN2O5. The zero-order valence-electron chi connectivity index (χ0n) is 15.6. The first-order valence-corrected chi connectivity index (χ1v) is 8.94. The van der Waals surface area contributed by atoms with Crippen LogP contribution in [0.25, 0.3) is 0 Å². The van der Waals surface area contributed by atoms with Crippen LogP contribution in [0.15, 0.2) is 36.4 Å². The van der Waals surface area contributed by atoms with E-state index in [1.54, 1.807) is 43.3 Å². The second-order valence-electron chi connectivity index (χ2n) is 6.31. The molecule has 28 heavy (non-hydrogen) atoms. The molecule has 0 bridgehead atoms. The summed E-state index contributed by atoms with van der Waals surface area (Å²) in [4.78, 5) is 38.3. The monoisotopic (exact) mass is 402 g/mol. The van der Waals surface area contributed by atoms with Gasteiger partial charge in [-0.3, -0.25) is 19.3 Å². The van der Waals surface area contributed by atoms with Crippen molar-refractivity contribution in [3.8, 4) is 11.5 Å². The zero-order valence-corrected chi connectivity index (χ0v) is 16.4. The van der Waals surface area contributed by atoms with E-state index in [1.807, 2.05) is 0 Å². The van der Waals surface area contributed by atoms with Gasteiger partial charge in [0.05, 0.1) is 17.8 Å². The molecule has 0 spiro atoms. The first kappa shape index (κ1) is 19.7. The Hall–Kier alpha value is -3.06. The molecule has 1 unspecified atom stereocenters.